The number of rotatable bonds is 6. The predicted molar refractivity (Wildman–Crippen MR) is 76.4 cm³/mol. The van der Waals surface area contributed by atoms with E-state index in [9.17, 15) is 0 Å². The Labute approximate surface area is 106 Å². The van der Waals surface area contributed by atoms with Gasteiger partial charge >= 0.3 is 0 Å². The first-order valence-electron chi connectivity index (χ1n) is 6.72. The molecule has 0 radical (unpaired) electrons. The Morgan fingerprint density at radius 1 is 1.06 bits per heavy atom. The molecule has 0 fully saturated rings. The third-order valence-corrected chi connectivity index (χ3v) is 3.65. The molecule has 0 spiro atoms. The summed E-state index contributed by atoms with van der Waals surface area (Å²) < 4.78 is 0. The molecule has 0 aliphatic rings. The molecule has 0 bridgehead atoms. The van der Waals surface area contributed by atoms with Crippen LogP contribution in [-0.4, -0.2) is 13.1 Å². The zero-order chi connectivity index (χ0) is 12.8. The van der Waals surface area contributed by atoms with Crippen molar-refractivity contribution in [2.75, 3.05) is 11.9 Å². The second-order valence-electron chi connectivity index (χ2n) is 4.65. The molecule has 1 atom stereocenters. The maximum atomic E-state index is 6.19. The van der Waals surface area contributed by atoms with E-state index in [0.717, 1.165) is 6.42 Å². The topological polar surface area (TPSA) is 29.3 Å². The molecule has 0 aliphatic carbocycles. The Balaban J connectivity index is 3.03. The van der Waals surface area contributed by atoms with Crippen molar-refractivity contribution in [1.82, 2.24) is 0 Å². The first-order chi connectivity index (χ1) is 8.15. The van der Waals surface area contributed by atoms with Crippen LogP contribution in [0.3, 0.4) is 0 Å². The zero-order valence-electron chi connectivity index (χ0n) is 11.6. The van der Waals surface area contributed by atoms with Gasteiger partial charge in [-0.05, 0) is 30.9 Å². The molecule has 2 nitrogen and oxygen atoms in total. The van der Waals surface area contributed by atoms with Gasteiger partial charge in [0.05, 0.1) is 0 Å². The summed E-state index contributed by atoms with van der Waals surface area (Å²) in [5, 5.41) is 0. The van der Waals surface area contributed by atoms with E-state index in [-0.39, 0.29) is 6.04 Å². The second-order valence-corrected chi connectivity index (χ2v) is 4.65. The minimum absolute atomic E-state index is 0.142. The van der Waals surface area contributed by atoms with Gasteiger partial charge in [0.15, 0.2) is 0 Å². The Hall–Kier alpha value is -1.02. The van der Waals surface area contributed by atoms with Crippen molar-refractivity contribution in [2.24, 2.45) is 5.73 Å². The third kappa shape index (κ3) is 3.22. The highest BCUT2D eigenvalue weighted by Crippen LogP contribution is 2.28. The van der Waals surface area contributed by atoms with Crippen LogP contribution in [0.4, 0.5) is 5.69 Å². The normalized spacial score (nSPS) is 12.8. The molecule has 2 N–H and O–H groups in total. The van der Waals surface area contributed by atoms with E-state index >= 15 is 0 Å². The lowest BCUT2D eigenvalue weighted by Crippen LogP contribution is -2.31. The zero-order valence-corrected chi connectivity index (χ0v) is 11.6. The Kier molecular flexibility index (Phi) is 5.49. The first kappa shape index (κ1) is 14.0. The van der Waals surface area contributed by atoms with E-state index < -0.39 is 0 Å². The van der Waals surface area contributed by atoms with Gasteiger partial charge in [-0.3, -0.25) is 0 Å². The van der Waals surface area contributed by atoms with Crippen molar-refractivity contribution >= 4 is 5.69 Å². The molecule has 0 saturated carbocycles. The molecular weight excluding hydrogens is 208 g/mol. The molecule has 0 aliphatic heterocycles. The largest absolute Gasteiger partial charge is 0.371 e. The van der Waals surface area contributed by atoms with Crippen LogP contribution < -0.4 is 10.6 Å². The average molecular weight is 234 g/mol. The van der Waals surface area contributed by atoms with E-state index in [4.69, 9.17) is 5.73 Å². The van der Waals surface area contributed by atoms with Crippen LogP contribution in [0.2, 0.25) is 0 Å². The van der Waals surface area contributed by atoms with E-state index in [2.05, 4.69) is 57.0 Å². The van der Waals surface area contributed by atoms with E-state index in [0.29, 0.717) is 6.04 Å². The predicted octanol–water partition coefficient (Wildman–Crippen LogP) is 3.72. The fourth-order valence-electron chi connectivity index (χ4n) is 2.38. The van der Waals surface area contributed by atoms with Crippen molar-refractivity contribution in [3.63, 3.8) is 0 Å². The van der Waals surface area contributed by atoms with Gasteiger partial charge in [0, 0.05) is 24.8 Å². The van der Waals surface area contributed by atoms with Gasteiger partial charge in [0.1, 0.15) is 0 Å². The summed E-state index contributed by atoms with van der Waals surface area (Å²) in [6.45, 7) is 6.62. The maximum Gasteiger partial charge on any atom is 0.0414 e. The SMILES string of the molecule is CCC(N)c1ccccc1N(C)C(CC)CC. The second kappa shape index (κ2) is 6.65. The van der Waals surface area contributed by atoms with Crippen LogP contribution in [0, 0.1) is 0 Å². The highest BCUT2D eigenvalue weighted by molar-refractivity contribution is 5.55. The minimum Gasteiger partial charge on any atom is -0.371 e. The quantitative estimate of drug-likeness (QED) is 0.813. The molecule has 1 unspecified atom stereocenters. The molecule has 1 aromatic rings. The number of hydrogen-bond acceptors (Lipinski definition) is 2. The van der Waals surface area contributed by atoms with Crippen LogP contribution in [0.1, 0.15) is 51.6 Å². The molecule has 2 heteroatoms. The van der Waals surface area contributed by atoms with Gasteiger partial charge in [-0.25, -0.2) is 0 Å². The molecule has 0 heterocycles. The summed E-state index contributed by atoms with van der Waals surface area (Å²) >= 11 is 0. The highest BCUT2D eigenvalue weighted by atomic mass is 15.1. The van der Waals surface area contributed by atoms with Crippen molar-refractivity contribution < 1.29 is 0 Å². The lowest BCUT2D eigenvalue weighted by Gasteiger charge is -2.31. The van der Waals surface area contributed by atoms with E-state index in [1.165, 1.54) is 24.1 Å². The fraction of sp³-hybridized carbons (Fsp3) is 0.600. The number of hydrogen-bond donors (Lipinski definition) is 1. The van der Waals surface area contributed by atoms with Crippen LogP contribution in [-0.2, 0) is 0 Å². The fourth-order valence-corrected chi connectivity index (χ4v) is 2.38. The summed E-state index contributed by atoms with van der Waals surface area (Å²) in [4.78, 5) is 2.38. The van der Waals surface area contributed by atoms with Crippen molar-refractivity contribution in [1.29, 1.82) is 0 Å². The van der Waals surface area contributed by atoms with Gasteiger partial charge in [0.25, 0.3) is 0 Å². The Morgan fingerprint density at radius 3 is 2.18 bits per heavy atom. The first-order valence-corrected chi connectivity index (χ1v) is 6.72. The molecule has 0 amide bonds. The lowest BCUT2D eigenvalue weighted by molar-refractivity contribution is 0.585. The molecule has 0 aromatic heterocycles. The molecule has 1 rings (SSSR count). The monoisotopic (exact) mass is 234 g/mol. The van der Waals surface area contributed by atoms with Crippen LogP contribution in [0.5, 0.6) is 0 Å². The third-order valence-electron chi connectivity index (χ3n) is 3.65. The summed E-state index contributed by atoms with van der Waals surface area (Å²) in [5.41, 5.74) is 8.74. The molecule has 1 aromatic carbocycles. The maximum absolute atomic E-state index is 6.19. The van der Waals surface area contributed by atoms with Gasteiger partial charge in [-0.15, -0.1) is 0 Å². The lowest BCUT2D eigenvalue weighted by atomic mass is 10.0. The molecule has 0 saturated heterocycles. The van der Waals surface area contributed by atoms with Gasteiger partial charge in [0.2, 0.25) is 0 Å². The van der Waals surface area contributed by atoms with Crippen LogP contribution >= 0.6 is 0 Å². The van der Waals surface area contributed by atoms with Crippen molar-refractivity contribution in [3.05, 3.63) is 29.8 Å². The summed E-state index contributed by atoms with van der Waals surface area (Å²) in [7, 11) is 2.18. The van der Waals surface area contributed by atoms with Gasteiger partial charge < -0.3 is 10.6 Å². The minimum atomic E-state index is 0.142. The van der Waals surface area contributed by atoms with Crippen molar-refractivity contribution in [2.45, 2.75) is 52.1 Å². The average Bonchev–Trinajstić information content (AvgIpc) is 2.39. The molecular formula is C15H26N2. The van der Waals surface area contributed by atoms with E-state index in [1.807, 2.05) is 0 Å². The standard InChI is InChI=1S/C15H26N2/c1-5-12(6-2)17(4)15-11-9-8-10-13(15)14(16)7-3/h8-12,14H,5-7,16H2,1-4H3. The van der Waals surface area contributed by atoms with Crippen LogP contribution in [0.15, 0.2) is 24.3 Å². The molecule has 17 heavy (non-hydrogen) atoms. The van der Waals surface area contributed by atoms with Gasteiger partial charge in [-0.1, -0.05) is 39.0 Å². The molecule has 96 valence electrons. The number of benzene rings is 1. The number of para-hydroxylation sites is 1. The van der Waals surface area contributed by atoms with E-state index in [1.54, 1.807) is 0 Å². The number of nitrogens with two attached hydrogens (primary N) is 1. The highest BCUT2D eigenvalue weighted by Gasteiger charge is 2.16. The van der Waals surface area contributed by atoms with Gasteiger partial charge in [-0.2, -0.15) is 0 Å². The summed E-state index contributed by atoms with van der Waals surface area (Å²) in [5.74, 6) is 0. The number of anilines is 1. The van der Waals surface area contributed by atoms with Crippen molar-refractivity contribution in [3.8, 4) is 0 Å². The van der Waals surface area contributed by atoms with Crippen LogP contribution in [0.25, 0.3) is 0 Å². The summed E-state index contributed by atoms with van der Waals surface area (Å²) in [6.07, 6.45) is 3.32. The smallest absolute Gasteiger partial charge is 0.0414 e. The summed E-state index contributed by atoms with van der Waals surface area (Å²) in [6, 6.07) is 9.25. The number of nitrogens with zero attached hydrogens (tertiary/aromatic N) is 1. The Bertz CT molecular complexity index is 331. The Morgan fingerprint density at radius 2 is 1.65 bits per heavy atom.